The zero-order valence-electron chi connectivity index (χ0n) is 22.5. The Morgan fingerprint density at radius 2 is 1.50 bits per heavy atom. The number of aromatic nitrogens is 1. The second-order valence-corrected chi connectivity index (χ2v) is 9.73. The number of ether oxygens (including phenoxy) is 2. The van der Waals surface area contributed by atoms with Crippen molar-refractivity contribution in [3.05, 3.63) is 125 Å². The fourth-order valence-electron chi connectivity index (χ4n) is 4.41. The van der Waals surface area contributed by atoms with Crippen molar-refractivity contribution in [2.45, 2.75) is 32.0 Å². The molecule has 0 bridgehead atoms. The van der Waals surface area contributed by atoms with E-state index >= 15 is 0 Å². The summed E-state index contributed by atoms with van der Waals surface area (Å²) in [7, 11) is 3.12. The molecule has 1 aromatic heterocycles. The minimum Gasteiger partial charge on any atom is -0.493 e. The molecule has 0 aliphatic rings. The van der Waals surface area contributed by atoms with E-state index in [2.05, 4.69) is 10.3 Å². The molecular formula is C32H32ClN3O4. The van der Waals surface area contributed by atoms with Gasteiger partial charge in [-0.25, -0.2) is 0 Å². The van der Waals surface area contributed by atoms with Crippen LogP contribution < -0.4 is 14.8 Å². The molecule has 8 heteroatoms. The van der Waals surface area contributed by atoms with Crippen molar-refractivity contribution in [2.75, 3.05) is 14.2 Å². The Morgan fingerprint density at radius 1 is 0.825 bits per heavy atom. The summed E-state index contributed by atoms with van der Waals surface area (Å²) < 4.78 is 10.8. The molecule has 1 atom stereocenters. The van der Waals surface area contributed by atoms with Crippen molar-refractivity contribution in [3.63, 3.8) is 0 Å². The van der Waals surface area contributed by atoms with Crippen LogP contribution in [0, 0.1) is 0 Å². The number of carbonyl (C=O) groups is 2. The van der Waals surface area contributed by atoms with Crippen LogP contribution in [0.5, 0.6) is 11.5 Å². The summed E-state index contributed by atoms with van der Waals surface area (Å²) in [5, 5.41) is 3.63. The Labute approximate surface area is 239 Å². The Balaban J connectivity index is 1.66. The van der Waals surface area contributed by atoms with Crippen LogP contribution in [-0.2, 0) is 35.5 Å². The monoisotopic (exact) mass is 557 g/mol. The van der Waals surface area contributed by atoms with Crippen LogP contribution >= 0.6 is 11.6 Å². The highest BCUT2D eigenvalue weighted by Gasteiger charge is 2.30. The van der Waals surface area contributed by atoms with E-state index in [-0.39, 0.29) is 24.8 Å². The first kappa shape index (κ1) is 28.6. The molecule has 1 heterocycles. The van der Waals surface area contributed by atoms with E-state index < -0.39 is 6.04 Å². The van der Waals surface area contributed by atoms with Crippen LogP contribution in [0.3, 0.4) is 0 Å². The number of methoxy groups -OCH3 is 2. The summed E-state index contributed by atoms with van der Waals surface area (Å²) in [5.41, 5.74) is 3.48. The van der Waals surface area contributed by atoms with Crippen LogP contribution in [0.1, 0.15) is 22.3 Å². The lowest BCUT2D eigenvalue weighted by Crippen LogP contribution is -2.50. The van der Waals surface area contributed by atoms with E-state index in [0.29, 0.717) is 29.5 Å². The van der Waals surface area contributed by atoms with Gasteiger partial charge in [-0.15, -0.1) is 0 Å². The van der Waals surface area contributed by atoms with Crippen molar-refractivity contribution < 1.29 is 19.1 Å². The fourth-order valence-corrected chi connectivity index (χ4v) is 4.54. The summed E-state index contributed by atoms with van der Waals surface area (Å²) in [6.07, 6.45) is 3.80. The highest BCUT2D eigenvalue weighted by Crippen LogP contribution is 2.28. The number of hydrogen-bond donors (Lipinski definition) is 1. The first-order valence-electron chi connectivity index (χ1n) is 12.9. The number of rotatable bonds is 12. The lowest BCUT2D eigenvalue weighted by atomic mass is 10.0. The van der Waals surface area contributed by atoms with Crippen LogP contribution in [0.4, 0.5) is 0 Å². The Hall–Kier alpha value is -4.36. The van der Waals surface area contributed by atoms with Gasteiger partial charge in [0.2, 0.25) is 11.8 Å². The van der Waals surface area contributed by atoms with Gasteiger partial charge >= 0.3 is 0 Å². The molecule has 4 rings (SSSR count). The smallest absolute Gasteiger partial charge is 0.243 e. The number of hydrogen-bond acceptors (Lipinski definition) is 5. The largest absolute Gasteiger partial charge is 0.493 e. The van der Waals surface area contributed by atoms with E-state index in [4.69, 9.17) is 21.1 Å². The second-order valence-electron chi connectivity index (χ2n) is 9.29. The normalized spacial score (nSPS) is 11.4. The van der Waals surface area contributed by atoms with Crippen LogP contribution in [0.2, 0.25) is 5.02 Å². The number of nitrogens with zero attached hydrogens (tertiary/aromatic N) is 2. The molecule has 0 radical (unpaired) electrons. The zero-order chi connectivity index (χ0) is 28.3. The van der Waals surface area contributed by atoms with Gasteiger partial charge in [0, 0.05) is 36.9 Å². The molecule has 4 aromatic rings. The van der Waals surface area contributed by atoms with Crippen molar-refractivity contribution in [1.29, 1.82) is 0 Å². The first-order chi connectivity index (χ1) is 19.5. The topological polar surface area (TPSA) is 80.8 Å². The highest BCUT2D eigenvalue weighted by atomic mass is 35.5. The number of benzene rings is 3. The molecule has 0 aliphatic carbocycles. The minimum atomic E-state index is -0.757. The van der Waals surface area contributed by atoms with Crippen molar-refractivity contribution >= 4 is 23.4 Å². The third kappa shape index (κ3) is 7.83. The average molecular weight is 558 g/mol. The Kier molecular flexibility index (Phi) is 10.1. The summed E-state index contributed by atoms with van der Waals surface area (Å²) >= 11 is 6.12. The molecule has 7 nitrogen and oxygen atoms in total. The molecule has 0 saturated carbocycles. The molecular weight excluding hydrogens is 526 g/mol. The quantitative estimate of drug-likeness (QED) is 0.257. The van der Waals surface area contributed by atoms with Gasteiger partial charge in [-0.1, -0.05) is 60.1 Å². The summed E-state index contributed by atoms with van der Waals surface area (Å²) in [5.74, 6) is 0.680. The van der Waals surface area contributed by atoms with Gasteiger partial charge in [0.05, 0.1) is 20.6 Å². The van der Waals surface area contributed by atoms with Crippen molar-refractivity contribution in [3.8, 4) is 11.5 Å². The average Bonchev–Trinajstić information content (AvgIpc) is 2.99. The summed E-state index contributed by atoms with van der Waals surface area (Å²) in [4.78, 5) is 33.4. The number of halogens is 1. The lowest BCUT2D eigenvalue weighted by molar-refractivity contribution is -0.140. The fraction of sp³-hybridized carbons (Fsp3) is 0.219. The van der Waals surface area contributed by atoms with Crippen LogP contribution in [0.25, 0.3) is 0 Å². The molecule has 1 N–H and O–H groups in total. The summed E-state index contributed by atoms with van der Waals surface area (Å²) in [6.45, 7) is 0.564. The van der Waals surface area contributed by atoms with Gasteiger partial charge in [0.15, 0.2) is 11.5 Å². The number of amides is 2. The number of nitrogens with one attached hydrogen (secondary N) is 1. The molecule has 206 valence electrons. The first-order valence-corrected chi connectivity index (χ1v) is 13.3. The van der Waals surface area contributed by atoms with E-state index in [0.717, 1.165) is 22.3 Å². The third-order valence-electron chi connectivity index (χ3n) is 6.56. The van der Waals surface area contributed by atoms with Crippen LogP contribution in [-0.4, -0.2) is 42.0 Å². The van der Waals surface area contributed by atoms with Crippen molar-refractivity contribution in [2.24, 2.45) is 0 Å². The SMILES string of the molecule is COc1ccc(CC(=O)N(Cc2ccc(Cl)cc2)[C@@H](Cc2ccccc2)C(=O)NCc2ccncc2)cc1OC. The van der Waals surface area contributed by atoms with Gasteiger partial charge in [-0.3, -0.25) is 14.6 Å². The van der Waals surface area contributed by atoms with Gasteiger partial charge in [0.25, 0.3) is 0 Å². The maximum Gasteiger partial charge on any atom is 0.243 e. The molecule has 0 spiro atoms. The van der Waals surface area contributed by atoms with E-state index in [1.54, 1.807) is 55.8 Å². The molecule has 2 amide bonds. The maximum atomic E-state index is 14.0. The predicted molar refractivity (Wildman–Crippen MR) is 155 cm³/mol. The minimum absolute atomic E-state index is 0.0802. The van der Waals surface area contributed by atoms with E-state index in [9.17, 15) is 9.59 Å². The molecule has 0 aliphatic heterocycles. The molecule has 40 heavy (non-hydrogen) atoms. The molecule has 0 unspecified atom stereocenters. The molecule has 0 fully saturated rings. The zero-order valence-corrected chi connectivity index (χ0v) is 23.3. The van der Waals surface area contributed by atoms with E-state index in [1.165, 1.54) is 0 Å². The Morgan fingerprint density at radius 3 is 2.17 bits per heavy atom. The molecule has 3 aromatic carbocycles. The van der Waals surface area contributed by atoms with Gasteiger partial charge in [-0.2, -0.15) is 0 Å². The van der Waals surface area contributed by atoms with Crippen LogP contribution in [0.15, 0.2) is 97.3 Å². The lowest BCUT2D eigenvalue weighted by Gasteiger charge is -2.32. The second kappa shape index (κ2) is 14.1. The predicted octanol–water partition coefficient (Wildman–Crippen LogP) is 5.25. The number of carbonyl (C=O) groups excluding carboxylic acids is 2. The highest BCUT2D eigenvalue weighted by molar-refractivity contribution is 6.30. The summed E-state index contributed by atoms with van der Waals surface area (Å²) in [6, 6.07) is 25.3. The van der Waals surface area contributed by atoms with Gasteiger partial charge in [-0.05, 0) is 58.7 Å². The van der Waals surface area contributed by atoms with E-state index in [1.807, 2.05) is 60.7 Å². The number of pyridine rings is 1. The molecule has 0 saturated heterocycles. The van der Waals surface area contributed by atoms with Gasteiger partial charge in [0.1, 0.15) is 6.04 Å². The maximum absolute atomic E-state index is 14.0. The van der Waals surface area contributed by atoms with Gasteiger partial charge < -0.3 is 19.7 Å². The standard InChI is InChI=1S/C32H32ClN3O4/c1-39-29-13-10-26(19-30(29)40-2)20-31(37)36(22-25-8-11-27(33)12-9-25)28(18-23-6-4-3-5-7-23)32(38)35-21-24-14-16-34-17-15-24/h3-17,19,28H,18,20-22H2,1-2H3,(H,35,38)/t28-/m0/s1. The Bertz CT molecular complexity index is 1400. The van der Waals surface area contributed by atoms with Crippen molar-refractivity contribution in [1.82, 2.24) is 15.2 Å². The third-order valence-corrected chi connectivity index (χ3v) is 6.81.